The van der Waals surface area contributed by atoms with E-state index in [0.717, 1.165) is 32.4 Å². The molecule has 0 aromatic heterocycles. The second-order valence-electron chi connectivity index (χ2n) is 6.67. The van der Waals surface area contributed by atoms with E-state index in [-0.39, 0.29) is 47.9 Å². The molecule has 1 aromatic rings. The molecule has 0 unspecified atom stereocenters. The summed E-state index contributed by atoms with van der Waals surface area (Å²) in [7, 11) is 1.67. The number of methoxy groups -OCH3 is 1. The molecule has 172 valence electrons. The maximum atomic E-state index is 14.1. The molecule has 0 radical (unpaired) electrons. The molecule has 0 spiro atoms. The Morgan fingerprint density at radius 1 is 1.27 bits per heavy atom. The summed E-state index contributed by atoms with van der Waals surface area (Å²) in [5.41, 5.74) is 0.0135. The average molecular weight is 545 g/mol. The van der Waals surface area contributed by atoms with Gasteiger partial charge >= 0.3 is 6.61 Å². The van der Waals surface area contributed by atoms with Crippen LogP contribution in [0.3, 0.4) is 0 Å². The van der Waals surface area contributed by atoms with E-state index in [9.17, 15) is 13.2 Å². The maximum Gasteiger partial charge on any atom is 0.387 e. The van der Waals surface area contributed by atoms with Crippen molar-refractivity contribution in [2.24, 2.45) is 4.99 Å². The van der Waals surface area contributed by atoms with Crippen LogP contribution in [-0.2, 0) is 16.0 Å². The van der Waals surface area contributed by atoms with Gasteiger partial charge in [0.05, 0.1) is 18.2 Å². The zero-order valence-corrected chi connectivity index (χ0v) is 19.7. The van der Waals surface area contributed by atoms with Gasteiger partial charge in [-0.25, -0.2) is 9.38 Å². The van der Waals surface area contributed by atoms with Crippen molar-refractivity contribution in [2.45, 2.75) is 45.4 Å². The second-order valence-corrected chi connectivity index (χ2v) is 6.67. The molecule has 1 fully saturated rings. The number of piperidine rings is 1. The predicted octanol–water partition coefficient (Wildman–Crippen LogP) is 4.03. The quantitative estimate of drug-likeness (QED) is 0.208. The van der Waals surface area contributed by atoms with Crippen molar-refractivity contribution in [3.63, 3.8) is 0 Å². The van der Waals surface area contributed by atoms with E-state index in [1.807, 2.05) is 6.92 Å². The van der Waals surface area contributed by atoms with Gasteiger partial charge in [0.1, 0.15) is 11.6 Å². The van der Waals surface area contributed by atoms with Crippen LogP contribution >= 0.6 is 24.0 Å². The first-order valence-electron chi connectivity index (χ1n) is 9.91. The minimum atomic E-state index is -3.02. The van der Waals surface area contributed by atoms with E-state index in [1.54, 1.807) is 7.11 Å². The fourth-order valence-corrected chi connectivity index (χ4v) is 3.17. The number of hydrogen-bond acceptors (Lipinski definition) is 4. The summed E-state index contributed by atoms with van der Waals surface area (Å²) in [5.74, 6) is -0.190. The highest BCUT2D eigenvalue weighted by molar-refractivity contribution is 14.0. The van der Waals surface area contributed by atoms with E-state index in [0.29, 0.717) is 25.7 Å². The Labute approximate surface area is 193 Å². The molecular formula is C20H31F3IN3O3. The van der Waals surface area contributed by atoms with Crippen LogP contribution in [-0.4, -0.2) is 63.5 Å². The van der Waals surface area contributed by atoms with Crippen molar-refractivity contribution in [1.82, 2.24) is 10.2 Å². The summed E-state index contributed by atoms with van der Waals surface area (Å²) >= 11 is 0. The van der Waals surface area contributed by atoms with Gasteiger partial charge < -0.3 is 24.4 Å². The molecule has 1 aliphatic rings. The van der Waals surface area contributed by atoms with Crippen LogP contribution < -0.4 is 10.1 Å². The molecule has 1 heterocycles. The van der Waals surface area contributed by atoms with E-state index in [4.69, 9.17) is 9.47 Å². The largest absolute Gasteiger partial charge is 0.434 e. The Morgan fingerprint density at radius 3 is 2.63 bits per heavy atom. The minimum absolute atomic E-state index is 0. The van der Waals surface area contributed by atoms with Crippen LogP contribution in [0.1, 0.15) is 31.7 Å². The Hall–Kier alpha value is -1.27. The van der Waals surface area contributed by atoms with Crippen LogP contribution in [0.2, 0.25) is 0 Å². The van der Waals surface area contributed by atoms with Crippen molar-refractivity contribution in [1.29, 1.82) is 0 Å². The lowest BCUT2D eigenvalue weighted by Gasteiger charge is -2.34. The molecule has 1 saturated heterocycles. The summed E-state index contributed by atoms with van der Waals surface area (Å²) < 4.78 is 54.6. The topological polar surface area (TPSA) is 55.3 Å². The third kappa shape index (κ3) is 8.84. The summed E-state index contributed by atoms with van der Waals surface area (Å²) in [4.78, 5) is 6.53. The highest BCUT2D eigenvalue weighted by atomic mass is 127. The van der Waals surface area contributed by atoms with Gasteiger partial charge in [0.25, 0.3) is 0 Å². The van der Waals surface area contributed by atoms with Gasteiger partial charge in [-0.2, -0.15) is 8.78 Å². The predicted molar refractivity (Wildman–Crippen MR) is 120 cm³/mol. The lowest BCUT2D eigenvalue weighted by atomic mass is 10.1. The van der Waals surface area contributed by atoms with Crippen molar-refractivity contribution in [2.75, 3.05) is 40.0 Å². The number of nitrogens with zero attached hydrogens (tertiary/aromatic N) is 2. The zero-order chi connectivity index (χ0) is 21.1. The van der Waals surface area contributed by atoms with E-state index >= 15 is 0 Å². The average Bonchev–Trinajstić information content (AvgIpc) is 2.70. The summed E-state index contributed by atoms with van der Waals surface area (Å²) in [5, 5.41) is 3.18. The molecular weight excluding hydrogens is 514 g/mol. The SMILES string of the molecule is CCNC(=NCc1c(F)cccc1OC(F)F)N1CCC(OCCCOC)CC1.I. The van der Waals surface area contributed by atoms with Gasteiger partial charge in [-0.3, -0.25) is 0 Å². The first-order valence-corrected chi connectivity index (χ1v) is 9.91. The third-order valence-corrected chi connectivity index (χ3v) is 4.60. The van der Waals surface area contributed by atoms with Crippen LogP contribution in [0.5, 0.6) is 5.75 Å². The smallest absolute Gasteiger partial charge is 0.387 e. The van der Waals surface area contributed by atoms with Gasteiger partial charge in [-0.15, -0.1) is 24.0 Å². The Bertz CT molecular complexity index is 645. The molecule has 1 aromatic carbocycles. The molecule has 10 heteroatoms. The van der Waals surface area contributed by atoms with Crippen molar-refractivity contribution >= 4 is 29.9 Å². The molecule has 6 nitrogen and oxygen atoms in total. The molecule has 0 saturated carbocycles. The minimum Gasteiger partial charge on any atom is -0.434 e. The summed E-state index contributed by atoms with van der Waals surface area (Å²) in [6.45, 7) is 2.33. The van der Waals surface area contributed by atoms with Gasteiger partial charge in [0.2, 0.25) is 0 Å². The highest BCUT2D eigenvalue weighted by Gasteiger charge is 2.22. The normalized spacial score (nSPS) is 15.3. The van der Waals surface area contributed by atoms with Crippen molar-refractivity contribution < 1.29 is 27.4 Å². The van der Waals surface area contributed by atoms with E-state index in [1.165, 1.54) is 18.2 Å². The first-order chi connectivity index (χ1) is 14.0. The fourth-order valence-electron chi connectivity index (χ4n) is 3.17. The number of likely N-dealkylation sites (tertiary alicyclic amines) is 1. The Kier molecular flexibility index (Phi) is 13.1. The number of rotatable bonds is 10. The van der Waals surface area contributed by atoms with Crippen LogP contribution in [0.15, 0.2) is 23.2 Å². The number of aliphatic imine (C=N–C) groups is 1. The molecule has 1 aliphatic heterocycles. The lowest BCUT2D eigenvalue weighted by Crippen LogP contribution is -2.47. The molecule has 30 heavy (non-hydrogen) atoms. The Balaban J connectivity index is 0.00000450. The second kappa shape index (κ2) is 14.7. The molecule has 1 N–H and O–H groups in total. The third-order valence-electron chi connectivity index (χ3n) is 4.60. The molecule has 0 atom stereocenters. The maximum absolute atomic E-state index is 14.1. The zero-order valence-electron chi connectivity index (χ0n) is 17.4. The summed E-state index contributed by atoms with van der Waals surface area (Å²) in [6.07, 6.45) is 2.78. The van der Waals surface area contributed by atoms with Gasteiger partial charge in [-0.1, -0.05) is 6.07 Å². The van der Waals surface area contributed by atoms with Crippen LogP contribution in [0.25, 0.3) is 0 Å². The molecule has 2 rings (SSSR count). The van der Waals surface area contributed by atoms with Crippen molar-refractivity contribution in [3.8, 4) is 5.75 Å². The van der Waals surface area contributed by atoms with Crippen LogP contribution in [0, 0.1) is 5.82 Å². The lowest BCUT2D eigenvalue weighted by molar-refractivity contribution is -0.0506. The van der Waals surface area contributed by atoms with E-state index < -0.39 is 12.4 Å². The Morgan fingerprint density at radius 2 is 2.00 bits per heavy atom. The number of nitrogens with one attached hydrogen (secondary N) is 1. The number of benzene rings is 1. The number of alkyl halides is 2. The molecule has 0 bridgehead atoms. The van der Waals surface area contributed by atoms with E-state index in [2.05, 4.69) is 19.9 Å². The monoisotopic (exact) mass is 545 g/mol. The number of guanidine groups is 1. The number of halogens is 4. The molecule has 0 amide bonds. The standard InChI is InChI=1S/C20H30F3N3O3.HI/c1-3-24-20(26-10-8-15(9-11-26)28-13-5-12-27-2)25-14-16-17(21)6-4-7-18(16)29-19(22)23;/h4,6-7,15,19H,3,5,8-14H2,1-2H3,(H,24,25);1H. The van der Waals surface area contributed by atoms with Gasteiger partial charge in [0.15, 0.2) is 5.96 Å². The number of ether oxygens (including phenoxy) is 3. The van der Waals surface area contributed by atoms with Crippen molar-refractivity contribution in [3.05, 3.63) is 29.6 Å². The van der Waals surface area contributed by atoms with Gasteiger partial charge in [0, 0.05) is 40.0 Å². The molecule has 0 aliphatic carbocycles. The first kappa shape index (κ1) is 26.8. The fraction of sp³-hybridized carbons (Fsp3) is 0.650. The highest BCUT2D eigenvalue weighted by Crippen LogP contribution is 2.24. The van der Waals surface area contributed by atoms with Gasteiger partial charge in [-0.05, 0) is 38.3 Å². The van der Waals surface area contributed by atoms with Crippen LogP contribution in [0.4, 0.5) is 13.2 Å². The summed E-state index contributed by atoms with van der Waals surface area (Å²) in [6, 6.07) is 3.87. The number of hydrogen-bond donors (Lipinski definition) is 1.